The third-order valence-corrected chi connectivity index (χ3v) is 4.97. The van der Waals surface area contributed by atoms with Gasteiger partial charge in [-0.2, -0.15) is 5.10 Å². The molecule has 0 spiro atoms. The summed E-state index contributed by atoms with van der Waals surface area (Å²) in [6.45, 7) is 9.06. The Morgan fingerprint density at radius 1 is 1.23 bits per heavy atom. The van der Waals surface area contributed by atoms with Crippen molar-refractivity contribution in [1.82, 2.24) is 14.7 Å². The Hall–Kier alpha value is -2.14. The quantitative estimate of drug-likeness (QED) is 0.791. The molecule has 0 saturated carbocycles. The summed E-state index contributed by atoms with van der Waals surface area (Å²) < 4.78 is 7.86. The van der Waals surface area contributed by atoms with E-state index in [1.807, 2.05) is 40.8 Å². The monoisotopic (exact) mass is 355 g/mol. The van der Waals surface area contributed by atoms with Crippen LogP contribution >= 0.6 is 0 Å². The molecule has 140 valence electrons. The van der Waals surface area contributed by atoms with Crippen LogP contribution in [0, 0.1) is 0 Å². The van der Waals surface area contributed by atoms with E-state index in [4.69, 9.17) is 4.74 Å². The zero-order chi connectivity index (χ0) is 18.5. The van der Waals surface area contributed by atoms with Gasteiger partial charge in [-0.3, -0.25) is 9.48 Å². The molecule has 0 bridgehead atoms. The minimum Gasteiger partial charge on any atom is -0.373 e. The second-order valence-electron chi connectivity index (χ2n) is 7.21. The molecule has 1 saturated heterocycles. The van der Waals surface area contributed by atoms with Crippen LogP contribution in [0.25, 0.3) is 0 Å². The lowest BCUT2D eigenvalue weighted by Crippen LogP contribution is -2.41. The largest absolute Gasteiger partial charge is 0.373 e. The van der Waals surface area contributed by atoms with E-state index in [1.54, 1.807) is 0 Å². The van der Waals surface area contributed by atoms with Gasteiger partial charge in [-0.25, -0.2) is 0 Å². The normalized spacial score (nSPS) is 15.6. The topological polar surface area (TPSA) is 47.4 Å². The smallest absolute Gasteiger partial charge is 0.272 e. The molecule has 0 N–H and O–H groups in total. The molecule has 1 aliphatic heterocycles. The highest BCUT2D eigenvalue weighted by atomic mass is 16.5. The molecule has 1 fully saturated rings. The lowest BCUT2D eigenvalue weighted by Gasteiger charge is -2.32. The minimum absolute atomic E-state index is 0.0905. The first-order valence-electron chi connectivity index (χ1n) is 9.61. The molecule has 1 aromatic heterocycles. The number of aromatic nitrogens is 2. The van der Waals surface area contributed by atoms with Crippen molar-refractivity contribution in [3.8, 4) is 0 Å². The van der Waals surface area contributed by atoms with E-state index in [0.717, 1.165) is 31.6 Å². The van der Waals surface area contributed by atoms with E-state index >= 15 is 0 Å². The number of amides is 1. The fourth-order valence-electron chi connectivity index (χ4n) is 3.31. The number of likely N-dealkylation sites (tertiary alicyclic amines) is 1. The van der Waals surface area contributed by atoms with Crippen LogP contribution in [0.5, 0.6) is 0 Å². The van der Waals surface area contributed by atoms with E-state index in [1.165, 1.54) is 5.56 Å². The molecule has 3 rings (SSSR count). The Morgan fingerprint density at radius 3 is 2.54 bits per heavy atom. The molecule has 2 heterocycles. The van der Waals surface area contributed by atoms with Crippen LogP contribution in [0.15, 0.2) is 36.4 Å². The van der Waals surface area contributed by atoms with Gasteiger partial charge in [0.1, 0.15) is 5.69 Å². The zero-order valence-electron chi connectivity index (χ0n) is 16.0. The highest BCUT2D eigenvalue weighted by Gasteiger charge is 2.26. The number of ether oxygens (including phenoxy) is 1. The minimum atomic E-state index is 0.0905. The van der Waals surface area contributed by atoms with Gasteiger partial charge in [0.2, 0.25) is 0 Å². The molecule has 5 nitrogen and oxygen atoms in total. The Balaban J connectivity index is 1.55. The molecule has 2 aromatic rings. The molecular weight excluding hydrogens is 326 g/mol. The summed E-state index contributed by atoms with van der Waals surface area (Å²) in [5, 5.41) is 4.57. The Bertz CT molecular complexity index is 716. The third-order valence-electron chi connectivity index (χ3n) is 4.97. The number of carbonyl (C=O) groups excluding carboxylic acids is 1. The van der Waals surface area contributed by atoms with E-state index in [2.05, 4.69) is 31.1 Å². The maximum Gasteiger partial charge on any atom is 0.272 e. The Morgan fingerprint density at radius 2 is 1.92 bits per heavy atom. The first kappa shape index (κ1) is 18.6. The summed E-state index contributed by atoms with van der Waals surface area (Å²) in [6.07, 6.45) is 1.99. The predicted octanol–water partition coefficient (Wildman–Crippen LogP) is 3.85. The summed E-state index contributed by atoms with van der Waals surface area (Å²) >= 11 is 0. The number of hydrogen-bond acceptors (Lipinski definition) is 3. The number of benzene rings is 1. The van der Waals surface area contributed by atoms with Gasteiger partial charge >= 0.3 is 0 Å². The van der Waals surface area contributed by atoms with Gasteiger partial charge in [0, 0.05) is 19.6 Å². The predicted molar refractivity (Wildman–Crippen MR) is 102 cm³/mol. The van der Waals surface area contributed by atoms with Crippen LogP contribution in [0.3, 0.4) is 0 Å². The number of hydrogen-bond donors (Lipinski definition) is 0. The van der Waals surface area contributed by atoms with Crippen LogP contribution in [0.1, 0.15) is 61.3 Å². The molecule has 0 atom stereocenters. The van der Waals surface area contributed by atoms with Crippen LogP contribution in [-0.2, 0) is 17.9 Å². The van der Waals surface area contributed by atoms with Crippen molar-refractivity contribution in [2.24, 2.45) is 0 Å². The average Bonchev–Trinajstić information content (AvgIpc) is 3.12. The van der Waals surface area contributed by atoms with Gasteiger partial charge in [-0.15, -0.1) is 0 Å². The second-order valence-corrected chi connectivity index (χ2v) is 7.21. The first-order valence-corrected chi connectivity index (χ1v) is 9.61. The Labute approximate surface area is 156 Å². The first-order chi connectivity index (χ1) is 12.6. The SMILES string of the molecule is CCn1nc(C(C)C)cc1C(=O)N1CCC(OCc2ccccc2)CC1. The number of carbonyl (C=O) groups is 1. The van der Waals surface area contributed by atoms with Crippen LogP contribution in [-0.4, -0.2) is 39.8 Å². The van der Waals surface area contributed by atoms with Crippen LogP contribution < -0.4 is 0 Å². The molecule has 1 aromatic carbocycles. The van der Waals surface area contributed by atoms with Crippen LogP contribution in [0.4, 0.5) is 0 Å². The second kappa shape index (κ2) is 8.49. The maximum absolute atomic E-state index is 12.9. The fraction of sp³-hybridized carbons (Fsp3) is 0.524. The summed E-state index contributed by atoms with van der Waals surface area (Å²) in [6, 6.07) is 12.2. The van der Waals surface area contributed by atoms with Crippen molar-refractivity contribution in [3.05, 3.63) is 53.3 Å². The highest BCUT2D eigenvalue weighted by molar-refractivity contribution is 5.92. The molecule has 5 heteroatoms. The van der Waals surface area contributed by atoms with Crippen molar-refractivity contribution < 1.29 is 9.53 Å². The van der Waals surface area contributed by atoms with E-state index < -0.39 is 0 Å². The molecular formula is C21H29N3O2. The molecule has 26 heavy (non-hydrogen) atoms. The molecule has 1 aliphatic rings. The van der Waals surface area contributed by atoms with Gasteiger partial charge in [-0.05, 0) is 37.3 Å². The lowest BCUT2D eigenvalue weighted by atomic mass is 10.1. The van der Waals surface area contributed by atoms with E-state index in [-0.39, 0.29) is 12.0 Å². The maximum atomic E-state index is 12.9. The number of aryl methyl sites for hydroxylation is 1. The standard InChI is InChI=1S/C21H29N3O2/c1-4-24-20(14-19(22-24)16(2)3)21(25)23-12-10-18(11-13-23)26-15-17-8-6-5-7-9-17/h5-9,14,16,18H,4,10-13,15H2,1-3H3. The van der Waals surface area contributed by atoms with Crippen molar-refractivity contribution in [2.75, 3.05) is 13.1 Å². The van der Waals surface area contributed by atoms with Crippen molar-refractivity contribution >= 4 is 5.91 Å². The van der Waals surface area contributed by atoms with Gasteiger partial charge < -0.3 is 9.64 Å². The lowest BCUT2D eigenvalue weighted by molar-refractivity contribution is -0.000635. The molecule has 0 radical (unpaired) electrons. The van der Waals surface area contributed by atoms with Gasteiger partial charge in [0.25, 0.3) is 5.91 Å². The van der Waals surface area contributed by atoms with Gasteiger partial charge in [0.15, 0.2) is 0 Å². The summed E-state index contributed by atoms with van der Waals surface area (Å²) in [5.74, 6) is 0.416. The average molecular weight is 355 g/mol. The van der Waals surface area contributed by atoms with E-state index in [9.17, 15) is 4.79 Å². The van der Waals surface area contributed by atoms with Crippen molar-refractivity contribution in [2.45, 2.75) is 58.8 Å². The zero-order valence-corrected chi connectivity index (χ0v) is 16.0. The van der Waals surface area contributed by atoms with Crippen LogP contribution in [0.2, 0.25) is 0 Å². The van der Waals surface area contributed by atoms with Crippen molar-refractivity contribution in [3.63, 3.8) is 0 Å². The summed E-state index contributed by atoms with van der Waals surface area (Å²) in [4.78, 5) is 14.9. The number of rotatable bonds is 6. The number of nitrogens with zero attached hydrogens (tertiary/aromatic N) is 3. The third kappa shape index (κ3) is 4.33. The molecule has 1 amide bonds. The molecule has 0 aliphatic carbocycles. The molecule has 0 unspecified atom stereocenters. The summed E-state index contributed by atoms with van der Waals surface area (Å²) in [5.41, 5.74) is 2.88. The van der Waals surface area contributed by atoms with Gasteiger partial charge in [-0.1, -0.05) is 44.2 Å². The Kier molecular flexibility index (Phi) is 6.09. The highest BCUT2D eigenvalue weighted by Crippen LogP contribution is 2.20. The van der Waals surface area contributed by atoms with Gasteiger partial charge in [0.05, 0.1) is 18.4 Å². The van der Waals surface area contributed by atoms with E-state index in [0.29, 0.717) is 24.8 Å². The van der Waals surface area contributed by atoms with Crippen molar-refractivity contribution in [1.29, 1.82) is 0 Å². The number of piperidine rings is 1. The summed E-state index contributed by atoms with van der Waals surface area (Å²) in [7, 11) is 0. The fourth-order valence-corrected chi connectivity index (χ4v) is 3.31.